The highest BCUT2D eigenvalue weighted by molar-refractivity contribution is 5.95. The zero-order chi connectivity index (χ0) is 17.6. The van der Waals surface area contributed by atoms with Crippen molar-refractivity contribution in [1.82, 2.24) is 10.3 Å². The molecule has 2 aromatic rings. The number of aromatic nitrogens is 1. The number of pyridine rings is 1. The molecule has 1 atom stereocenters. The quantitative estimate of drug-likeness (QED) is 0.427. The van der Waals surface area contributed by atoms with Crippen molar-refractivity contribution < 1.29 is 9.53 Å². The van der Waals surface area contributed by atoms with E-state index in [4.69, 9.17) is 15.9 Å². The molecule has 1 unspecified atom stereocenters. The smallest absolute Gasteiger partial charge is 0.243 e. The third-order valence-electron chi connectivity index (χ3n) is 4.13. The SMILES string of the molecule is N=C(N)c1ccc2c(c1)C(CCNC(=O)/C=C/c1ccncc1)CO2. The number of amidine groups is 1. The number of nitrogens with zero attached hydrogens (tertiary/aromatic N) is 1. The second-order valence-electron chi connectivity index (χ2n) is 5.87. The molecule has 0 saturated heterocycles. The molecule has 0 saturated carbocycles. The lowest BCUT2D eigenvalue weighted by Gasteiger charge is -2.10. The van der Waals surface area contributed by atoms with Gasteiger partial charge in [0.1, 0.15) is 11.6 Å². The highest BCUT2D eigenvalue weighted by atomic mass is 16.5. The second-order valence-corrected chi connectivity index (χ2v) is 5.87. The Morgan fingerprint density at radius 1 is 1.36 bits per heavy atom. The van der Waals surface area contributed by atoms with Crippen LogP contribution in [0, 0.1) is 5.41 Å². The van der Waals surface area contributed by atoms with Crippen LogP contribution in [0.1, 0.15) is 29.0 Å². The van der Waals surface area contributed by atoms with Crippen LogP contribution in [-0.4, -0.2) is 29.9 Å². The lowest BCUT2D eigenvalue weighted by molar-refractivity contribution is -0.116. The lowest BCUT2D eigenvalue weighted by atomic mass is 9.96. The standard InChI is InChI=1S/C19H20N4O2/c20-19(21)14-2-3-17-16(11-14)15(12-25-17)7-10-23-18(24)4-1-13-5-8-22-9-6-13/h1-6,8-9,11,15H,7,10,12H2,(H3,20,21)(H,23,24)/b4-1+. The van der Waals surface area contributed by atoms with Crippen molar-refractivity contribution >= 4 is 17.8 Å². The van der Waals surface area contributed by atoms with Crippen molar-refractivity contribution in [2.45, 2.75) is 12.3 Å². The summed E-state index contributed by atoms with van der Waals surface area (Å²) in [5.74, 6) is 0.939. The maximum atomic E-state index is 11.9. The zero-order valence-corrected chi connectivity index (χ0v) is 13.7. The van der Waals surface area contributed by atoms with Crippen molar-refractivity contribution in [3.8, 4) is 5.75 Å². The summed E-state index contributed by atoms with van der Waals surface area (Å²) in [6.45, 7) is 1.14. The number of amides is 1. The van der Waals surface area contributed by atoms with E-state index in [1.54, 1.807) is 24.5 Å². The summed E-state index contributed by atoms with van der Waals surface area (Å²) >= 11 is 0. The molecule has 0 bridgehead atoms. The molecule has 0 spiro atoms. The second kappa shape index (κ2) is 7.61. The topological polar surface area (TPSA) is 101 Å². The van der Waals surface area contributed by atoms with Crippen LogP contribution in [0.2, 0.25) is 0 Å². The van der Waals surface area contributed by atoms with Crippen LogP contribution < -0.4 is 15.8 Å². The maximum absolute atomic E-state index is 11.9. The van der Waals surface area contributed by atoms with Crippen LogP contribution in [0.15, 0.2) is 48.8 Å². The van der Waals surface area contributed by atoms with E-state index >= 15 is 0 Å². The zero-order valence-electron chi connectivity index (χ0n) is 13.7. The summed E-state index contributed by atoms with van der Waals surface area (Å²) in [5.41, 5.74) is 8.22. The average Bonchev–Trinajstić information content (AvgIpc) is 3.03. The molecule has 0 fully saturated rings. The molecule has 25 heavy (non-hydrogen) atoms. The van der Waals surface area contributed by atoms with Gasteiger partial charge in [0.2, 0.25) is 5.91 Å². The van der Waals surface area contributed by atoms with E-state index in [2.05, 4.69) is 10.3 Å². The molecule has 3 rings (SSSR count). The number of nitrogen functional groups attached to an aromatic ring is 1. The molecule has 0 radical (unpaired) electrons. The largest absolute Gasteiger partial charge is 0.493 e. The fourth-order valence-electron chi connectivity index (χ4n) is 2.76. The first-order valence-electron chi connectivity index (χ1n) is 8.10. The van der Waals surface area contributed by atoms with E-state index < -0.39 is 0 Å². The molecule has 4 N–H and O–H groups in total. The van der Waals surface area contributed by atoms with Crippen molar-refractivity contribution in [2.75, 3.05) is 13.2 Å². The van der Waals surface area contributed by atoms with Gasteiger partial charge in [-0.15, -0.1) is 0 Å². The van der Waals surface area contributed by atoms with E-state index in [1.807, 2.05) is 24.3 Å². The predicted molar refractivity (Wildman–Crippen MR) is 96.6 cm³/mol. The molecule has 1 aromatic heterocycles. The first-order chi connectivity index (χ1) is 12.1. The third-order valence-corrected chi connectivity index (χ3v) is 4.13. The van der Waals surface area contributed by atoms with Gasteiger partial charge < -0.3 is 15.8 Å². The Balaban J connectivity index is 1.52. The summed E-state index contributed by atoms with van der Waals surface area (Å²) < 4.78 is 5.66. The predicted octanol–water partition coefficient (Wildman–Crippen LogP) is 2.06. The number of nitrogens with two attached hydrogens (primary N) is 1. The van der Waals surface area contributed by atoms with E-state index in [9.17, 15) is 4.79 Å². The van der Waals surface area contributed by atoms with Gasteiger partial charge in [-0.2, -0.15) is 0 Å². The van der Waals surface area contributed by atoms with Gasteiger partial charge in [0, 0.05) is 42.1 Å². The lowest BCUT2D eigenvalue weighted by Crippen LogP contribution is -2.24. The van der Waals surface area contributed by atoms with Gasteiger partial charge in [0.15, 0.2) is 0 Å². The summed E-state index contributed by atoms with van der Waals surface area (Å²) in [5, 5.41) is 10.4. The molecule has 1 aliphatic rings. The van der Waals surface area contributed by atoms with Gasteiger partial charge in [0.25, 0.3) is 0 Å². The van der Waals surface area contributed by atoms with Crippen molar-refractivity contribution in [1.29, 1.82) is 5.41 Å². The molecule has 6 heteroatoms. The average molecular weight is 336 g/mol. The first-order valence-corrected chi connectivity index (χ1v) is 8.10. The minimum absolute atomic E-state index is 0.0444. The van der Waals surface area contributed by atoms with E-state index in [-0.39, 0.29) is 17.7 Å². The Kier molecular flexibility index (Phi) is 5.09. The molecule has 128 valence electrons. The highest BCUT2D eigenvalue weighted by Crippen LogP contribution is 2.36. The van der Waals surface area contributed by atoms with Gasteiger partial charge in [-0.1, -0.05) is 0 Å². The van der Waals surface area contributed by atoms with Crippen LogP contribution >= 0.6 is 0 Å². The third kappa shape index (κ3) is 4.23. The molecular formula is C19H20N4O2. The van der Waals surface area contributed by atoms with Gasteiger partial charge in [-0.25, -0.2) is 0 Å². The minimum atomic E-state index is -0.131. The van der Waals surface area contributed by atoms with Gasteiger partial charge in [-0.05, 0) is 48.4 Å². The molecule has 6 nitrogen and oxygen atoms in total. The number of ether oxygens (including phenoxy) is 1. The molecule has 1 aromatic carbocycles. The Hall–Kier alpha value is -3.15. The molecule has 1 amide bonds. The molecule has 1 aliphatic heterocycles. The van der Waals surface area contributed by atoms with E-state index in [0.29, 0.717) is 18.7 Å². The Labute approximate surface area is 146 Å². The highest BCUT2D eigenvalue weighted by Gasteiger charge is 2.24. The number of hydrogen-bond acceptors (Lipinski definition) is 4. The number of carbonyl (C=O) groups excluding carboxylic acids is 1. The Morgan fingerprint density at radius 2 is 2.16 bits per heavy atom. The van der Waals surface area contributed by atoms with Crippen LogP contribution in [0.3, 0.4) is 0 Å². The van der Waals surface area contributed by atoms with Crippen LogP contribution in [-0.2, 0) is 4.79 Å². The van der Waals surface area contributed by atoms with Crippen molar-refractivity contribution in [3.05, 3.63) is 65.5 Å². The number of carbonyl (C=O) groups is 1. The van der Waals surface area contributed by atoms with Crippen molar-refractivity contribution in [3.63, 3.8) is 0 Å². The van der Waals surface area contributed by atoms with Crippen LogP contribution in [0.25, 0.3) is 6.08 Å². The number of nitrogens with one attached hydrogen (secondary N) is 2. The van der Waals surface area contributed by atoms with Gasteiger partial charge >= 0.3 is 0 Å². The summed E-state index contributed by atoms with van der Waals surface area (Å²) in [7, 11) is 0. The molecular weight excluding hydrogens is 316 g/mol. The Morgan fingerprint density at radius 3 is 2.92 bits per heavy atom. The van der Waals surface area contributed by atoms with Crippen LogP contribution in [0.4, 0.5) is 0 Å². The summed E-state index contributed by atoms with van der Waals surface area (Å²) in [6, 6.07) is 9.21. The maximum Gasteiger partial charge on any atom is 0.243 e. The van der Waals surface area contributed by atoms with Gasteiger partial charge in [0.05, 0.1) is 6.61 Å². The molecule has 2 heterocycles. The molecule has 0 aliphatic carbocycles. The summed E-state index contributed by atoms with van der Waals surface area (Å²) in [4.78, 5) is 15.8. The number of benzene rings is 1. The number of fused-ring (bicyclic) bond motifs is 1. The van der Waals surface area contributed by atoms with Crippen molar-refractivity contribution in [2.24, 2.45) is 5.73 Å². The monoisotopic (exact) mass is 336 g/mol. The van der Waals surface area contributed by atoms with E-state index in [1.165, 1.54) is 6.08 Å². The number of hydrogen-bond donors (Lipinski definition) is 3. The fraction of sp³-hybridized carbons (Fsp3) is 0.211. The minimum Gasteiger partial charge on any atom is -0.493 e. The Bertz CT molecular complexity index is 802. The van der Waals surface area contributed by atoms with Gasteiger partial charge in [-0.3, -0.25) is 15.2 Å². The number of rotatable bonds is 6. The fourth-order valence-corrected chi connectivity index (χ4v) is 2.76. The van der Waals surface area contributed by atoms with Crippen LogP contribution in [0.5, 0.6) is 5.75 Å². The normalized spacial score (nSPS) is 15.6. The van der Waals surface area contributed by atoms with E-state index in [0.717, 1.165) is 23.3 Å². The summed E-state index contributed by atoms with van der Waals surface area (Å²) in [6.07, 6.45) is 7.41. The first kappa shape index (κ1) is 16.7.